The molecule has 10 heteroatoms. The maximum atomic E-state index is 9.68. The molecule has 33 heavy (non-hydrogen) atoms. The molecule has 168 valence electrons. The van der Waals surface area contributed by atoms with Gasteiger partial charge in [0.2, 0.25) is 0 Å². The topological polar surface area (TPSA) is 115 Å². The molecule has 6 rings (SSSR count). The number of benzene rings is 1. The Kier molecular flexibility index (Phi) is 4.63. The van der Waals surface area contributed by atoms with Crippen LogP contribution in [0.2, 0.25) is 0 Å². The number of piperazine rings is 1. The number of nitrogens with zero attached hydrogens (tertiary/aromatic N) is 7. The fraction of sp³-hybridized carbons (Fsp3) is 0.304. The molecule has 0 unspecified atom stereocenters. The number of imidazole rings is 1. The van der Waals surface area contributed by atoms with E-state index in [-0.39, 0.29) is 6.61 Å². The van der Waals surface area contributed by atoms with Crippen LogP contribution < -0.4 is 4.90 Å². The lowest BCUT2D eigenvalue weighted by Gasteiger charge is -2.34. The molecule has 1 aliphatic rings. The Labute approximate surface area is 189 Å². The maximum Gasteiger partial charge on any atom is 0.161 e. The summed E-state index contributed by atoms with van der Waals surface area (Å²) in [5.74, 6) is 0.677. The third kappa shape index (κ3) is 3.35. The first-order valence-corrected chi connectivity index (χ1v) is 11.0. The van der Waals surface area contributed by atoms with E-state index in [2.05, 4.69) is 49.3 Å². The van der Waals surface area contributed by atoms with Gasteiger partial charge >= 0.3 is 0 Å². The average molecular weight is 444 g/mol. The molecule has 1 fully saturated rings. The third-order valence-electron chi connectivity index (χ3n) is 6.30. The van der Waals surface area contributed by atoms with Crippen molar-refractivity contribution in [3.05, 3.63) is 42.2 Å². The number of aliphatic hydroxyl groups excluding tert-OH is 1. The summed E-state index contributed by atoms with van der Waals surface area (Å²) in [5, 5.41) is 21.6. The van der Waals surface area contributed by atoms with Gasteiger partial charge in [0.25, 0.3) is 0 Å². The minimum Gasteiger partial charge on any atom is -0.390 e. The SMILES string of the molecule is CN1CCN(c2cccc3[nH]c(-c4n[nH]c5ccc(-c6cn(C)nc6CO)nc45)nc23)CC1. The van der Waals surface area contributed by atoms with Crippen molar-refractivity contribution in [2.45, 2.75) is 6.61 Å². The first kappa shape index (κ1) is 19.9. The second-order valence-electron chi connectivity index (χ2n) is 8.54. The number of aromatic amines is 2. The van der Waals surface area contributed by atoms with Crippen molar-refractivity contribution in [2.75, 3.05) is 38.1 Å². The number of hydrogen-bond acceptors (Lipinski definition) is 7. The number of aliphatic hydroxyl groups is 1. The molecule has 3 N–H and O–H groups in total. The summed E-state index contributed by atoms with van der Waals surface area (Å²) in [6.45, 7) is 3.88. The molecule has 1 saturated heterocycles. The first-order valence-electron chi connectivity index (χ1n) is 11.0. The fourth-order valence-corrected chi connectivity index (χ4v) is 4.51. The van der Waals surface area contributed by atoms with Gasteiger partial charge in [-0.2, -0.15) is 10.2 Å². The van der Waals surface area contributed by atoms with E-state index in [0.717, 1.165) is 65.2 Å². The van der Waals surface area contributed by atoms with E-state index >= 15 is 0 Å². The van der Waals surface area contributed by atoms with Gasteiger partial charge in [-0.1, -0.05) is 6.07 Å². The molecule has 10 nitrogen and oxygen atoms in total. The predicted octanol–water partition coefficient (Wildman–Crippen LogP) is 2.15. The number of hydrogen-bond donors (Lipinski definition) is 3. The zero-order valence-electron chi connectivity index (χ0n) is 18.6. The van der Waals surface area contributed by atoms with E-state index in [9.17, 15) is 5.11 Å². The number of likely N-dealkylation sites (N-methyl/N-ethyl adjacent to an activating group) is 1. The number of rotatable bonds is 4. The molecular formula is C23H25N9O. The van der Waals surface area contributed by atoms with Gasteiger partial charge in [-0.05, 0) is 31.3 Å². The van der Waals surface area contributed by atoms with Crippen LogP contribution in [0.25, 0.3) is 44.8 Å². The number of anilines is 1. The van der Waals surface area contributed by atoms with E-state index in [1.54, 1.807) is 4.68 Å². The molecule has 0 atom stereocenters. The monoisotopic (exact) mass is 443 g/mol. The summed E-state index contributed by atoms with van der Waals surface area (Å²) >= 11 is 0. The minimum atomic E-state index is -0.146. The average Bonchev–Trinajstić information content (AvgIpc) is 3.54. The van der Waals surface area contributed by atoms with Crippen LogP contribution >= 0.6 is 0 Å². The molecule has 5 heterocycles. The van der Waals surface area contributed by atoms with Crippen LogP contribution in [0.1, 0.15) is 5.69 Å². The van der Waals surface area contributed by atoms with Gasteiger partial charge in [-0.15, -0.1) is 0 Å². The highest BCUT2D eigenvalue weighted by atomic mass is 16.3. The van der Waals surface area contributed by atoms with Gasteiger partial charge in [0.15, 0.2) is 11.5 Å². The molecule has 0 aliphatic carbocycles. The van der Waals surface area contributed by atoms with Crippen LogP contribution in [0.5, 0.6) is 0 Å². The summed E-state index contributed by atoms with van der Waals surface area (Å²) in [5.41, 5.74) is 7.40. The number of aryl methyl sites for hydroxylation is 1. The smallest absolute Gasteiger partial charge is 0.161 e. The Bertz CT molecular complexity index is 1460. The van der Waals surface area contributed by atoms with E-state index in [0.29, 0.717) is 17.2 Å². The van der Waals surface area contributed by atoms with E-state index in [4.69, 9.17) is 9.97 Å². The van der Waals surface area contributed by atoms with E-state index < -0.39 is 0 Å². The third-order valence-corrected chi connectivity index (χ3v) is 6.30. The number of pyridine rings is 1. The van der Waals surface area contributed by atoms with Crippen LogP contribution in [0.15, 0.2) is 36.5 Å². The van der Waals surface area contributed by atoms with Gasteiger partial charge in [0.1, 0.15) is 11.0 Å². The van der Waals surface area contributed by atoms with Gasteiger partial charge < -0.3 is 19.9 Å². The summed E-state index contributed by atoms with van der Waals surface area (Å²) in [6, 6.07) is 10.1. The summed E-state index contributed by atoms with van der Waals surface area (Å²) in [7, 11) is 3.99. The van der Waals surface area contributed by atoms with Crippen LogP contribution in [0, 0.1) is 0 Å². The van der Waals surface area contributed by atoms with Crippen molar-refractivity contribution in [3.8, 4) is 22.8 Å². The quantitative estimate of drug-likeness (QED) is 0.390. The van der Waals surface area contributed by atoms with Crippen LogP contribution in [-0.4, -0.2) is 78.2 Å². The highest BCUT2D eigenvalue weighted by Crippen LogP contribution is 2.32. The van der Waals surface area contributed by atoms with Crippen molar-refractivity contribution >= 4 is 27.8 Å². The second-order valence-corrected chi connectivity index (χ2v) is 8.54. The van der Waals surface area contributed by atoms with Gasteiger partial charge in [0.05, 0.1) is 34.7 Å². The molecule has 1 aliphatic heterocycles. The van der Waals surface area contributed by atoms with Gasteiger partial charge in [-0.3, -0.25) is 9.78 Å². The summed E-state index contributed by atoms with van der Waals surface area (Å²) < 4.78 is 1.68. The lowest BCUT2D eigenvalue weighted by molar-refractivity contribution is 0.276. The molecule has 0 radical (unpaired) electrons. The number of fused-ring (bicyclic) bond motifs is 2. The standard InChI is InChI=1S/C23H25N9O/c1-30-8-10-32(11-9-30)19-5-3-4-16-20(19)26-23(25-16)22-21-17(27-28-22)7-6-15(24-21)14-12-31(2)29-18(14)13-33/h3-7,12,33H,8-11,13H2,1-2H3,(H,25,26)(H,27,28). The molecule has 0 amide bonds. The lowest BCUT2D eigenvalue weighted by atomic mass is 10.1. The van der Waals surface area contributed by atoms with Crippen molar-refractivity contribution < 1.29 is 5.11 Å². The van der Waals surface area contributed by atoms with Crippen LogP contribution in [-0.2, 0) is 13.7 Å². The molecule has 0 bridgehead atoms. The molecule has 4 aromatic heterocycles. The largest absolute Gasteiger partial charge is 0.390 e. The van der Waals surface area contributed by atoms with Crippen molar-refractivity contribution in [1.29, 1.82) is 0 Å². The molecular weight excluding hydrogens is 418 g/mol. The maximum absolute atomic E-state index is 9.68. The normalized spacial score (nSPS) is 15.2. The van der Waals surface area contributed by atoms with Crippen molar-refractivity contribution in [1.82, 2.24) is 39.8 Å². The predicted molar refractivity (Wildman–Crippen MR) is 127 cm³/mol. The summed E-state index contributed by atoms with van der Waals surface area (Å²) in [4.78, 5) is 18.0. The Morgan fingerprint density at radius 1 is 0.970 bits per heavy atom. The van der Waals surface area contributed by atoms with Crippen molar-refractivity contribution in [2.24, 2.45) is 7.05 Å². The lowest BCUT2D eigenvalue weighted by Crippen LogP contribution is -2.44. The molecule has 0 saturated carbocycles. The first-order chi connectivity index (χ1) is 16.1. The summed E-state index contributed by atoms with van der Waals surface area (Å²) in [6.07, 6.45) is 1.86. The van der Waals surface area contributed by atoms with E-state index in [1.165, 1.54) is 0 Å². The minimum absolute atomic E-state index is 0.146. The van der Waals surface area contributed by atoms with Gasteiger partial charge in [-0.25, -0.2) is 9.97 Å². The van der Waals surface area contributed by atoms with Crippen LogP contribution in [0.4, 0.5) is 5.69 Å². The van der Waals surface area contributed by atoms with E-state index in [1.807, 2.05) is 31.4 Å². The molecule has 5 aromatic rings. The number of para-hydroxylation sites is 1. The Morgan fingerprint density at radius 3 is 2.64 bits per heavy atom. The Morgan fingerprint density at radius 2 is 1.82 bits per heavy atom. The highest BCUT2D eigenvalue weighted by molar-refractivity contribution is 5.95. The molecule has 0 spiro atoms. The number of nitrogens with one attached hydrogen (secondary N) is 2. The van der Waals surface area contributed by atoms with Gasteiger partial charge in [0, 0.05) is 45.0 Å². The zero-order chi connectivity index (χ0) is 22.5. The Balaban J connectivity index is 1.44. The fourth-order valence-electron chi connectivity index (χ4n) is 4.51. The molecule has 1 aromatic carbocycles. The second kappa shape index (κ2) is 7.68. The zero-order valence-corrected chi connectivity index (χ0v) is 18.6. The Hall–Kier alpha value is -3.76. The van der Waals surface area contributed by atoms with Crippen LogP contribution in [0.3, 0.4) is 0 Å². The highest BCUT2D eigenvalue weighted by Gasteiger charge is 2.21. The van der Waals surface area contributed by atoms with Crippen molar-refractivity contribution in [3.63, 3.8) is 0 Å². The number of aromatic nitrogens is 7. The number of H-pyrrole nitrogens is 2.